The number of piperidine rings is 1. The second-order valence-corrected chi connectivity index (χ2v) is 7.74. The monoisotopic (exact) mass is 372 g/mol. The summed E-state index contributed by atoms with van der Waals surface area (Å²) in [6.07, 6.45) is 2.30. The van der Waals surface area contributed by atoms with Crippen LogP contribution in [-0.4, -0.2) is 65.9 Å². The molecule has 0 aromatic carbocycles. The van der Waals surface area contributed by atoms with Crippen molar-refractivity contribution in [3.63, 3.8) is 0 Å². The number of aliphatic hydroxyl groups is 1. The summed E-state index contributed by atoms with van der Waals surface area (Å²) in [5.41, 5.74) is -1.26. The first-order valence-electron chi connectivity index (χ1n) is 9.07. The second kappa shape index (κ2) is 9.75. The lowest BCUT2D eigenvalue weighted by atomic mass is 9.88. The maximum Gasteiger partial charge on any atom is 0.410 e. The summed E-state index contributed by atoms with van der Waals surface area (Å²) in [6, 6.07) is 0. The number of ether oxygens (including phenoxy) is 2. The zero-order valence-electron chi connectivity index (χ0n) is 16.3. The molecule has 0 unspecified atom stereocenters. The molecule has 1 saturated heterocycles. The second-order valence-electron chi connectivity index (χ2n) is 7.74. The van der Waals surface area contributed by atoms with Crippen LogP contribution >= 0.6 is 0 Å². The van der Waals surface area contributed by atoms with Crippen LogP contribution in [0.5, 0.6) is 0 Å². The number of hydrogen-bond acceptors (Lipinski definition) is 6. The Kier molecular flexibility index (Phi) is 8.33. The van der Waals surface area contributed by atoms with E-state index in [1.165, 1.54) is 7.11 Å². The van der Waals surface area contributed by atoms with Crippen LogP contribution in [-0.2, 0) is 19.1 Å². The van der Waals surface area contributed by atoms with Crippen LogP contribution in [0.15, 0.2) is 0 Å². The lowest BCUT2D eigenvalue weighted by Crippen LogP contribution is -2.58. The molecule has 2 N–H and O–H groups in total. The summed E-state index contributed by atoms with van der Waals surface area (Å²) >= 11 is 0. The average Bonchev–Trinajstić information content (AvgIpc) is 2.57. The number of esters is 1. The third kappa shape index (κ3) is 7.59. The Bertz CT molecular complexity index is 492. The van der Waals surface area contributed by atoms with E-state index in [-0.39, 0.29) is 31.0 Å². The summed E-state index contributed by atoms with van der Waals surface area (Å²) in [7, 11) is 1.34. The molecular formula is C18H32N2O6. The van der Waals surface area contributed by atoms with Crippen molar-refractivity contribution < 1.29 is 29.0 Å². The van der Waals surface area contributed by atoms with Gasteiger partial charge in [-0.3, -0.25) is 9.59 Å². The summed E-state index contributed by atoms with van der Waals surface area (Å²) < 4.78 is 9.91. The van der Waals surface area contributed by atoms with Crippen molar-refractivity contribution in [3.05, 3.63) is 0 Å². The smallest absolute Gasteiger partial charge is 0.410 e. The van der Waals surface area contributed by atoms with Crippen molar-refractivity contribution in [1.29, 1.82) is 0 Å². The van der Waals surface area contributed by atoms with Gasteiger partial charge < -0.3 is 24.8 Å². The van der Waals surface area contributed by atoms with Gasteiger partial charge in [-0.15, -0.1) is 0 Å². The maximum atomic E-state index is 12.1. The number of amides is 2. The van der Waals surface area contributed by atoms with Gasteiger partial charge in [-0.25, -0.2) is 4.79 Å². The van der Waals surface area contributed by atoms with Crippen LogP contribution in [0.2, 0.25) is 0 Å². The zero-order valence-corrected chi connectivity index (χ0v) is 16.3. The SMILES string of the molecule is COC(=O)CCCCC(=O)NC1(CO)CCN(C(=O)OC(C)(C)C)CC1. The Balaban J connectivity index is 2.42. The summed E-state index contributed by atoms with van der Waals surface area (Å²) in [5.74, 6) is -0.443. The highest BCUT2D eigenvalue weighted by atomic mass is 16.6. The lowest BCUT2D eigenvalue weighted by Gasteiger charge is -2.41. The predicted molar refractivity (Wildman–Crippen MR) is 95.5 cm³/mol. The maximum absolute atomic E-state index is 12.1. The van der Waals surface area contributed by atoms with Gasteiger partial charge in [-0.05, 0) is 46.5 Å². The van der Waals surface area contributed by atoms with Crippen molar-refractivity contribution in [2.45, 2.75) is 70.4 Å². The molecule has 1 aliphatic heterocycles. The quantitative estimate of drug-likeness (QED) is 0.519. The van der Waals surface area contributed by atoms with Gasteiger partial charge in [0.15, 0.2) is 0 Å². The molecule has 0 aliphatic carbocycles. The normalized spacial score (nSPS) is 16.7. The zero-order chi connectivity index (χ0) is 19.8. The Morgan fingerprint density at radius 3 is 2.19 bits per heavy atom. The van der Waals surface area contributed by atoms with Crippen molar-refractivity contribution in [2.24, 2.45) is 0 Å². The highest BCUT2D eigenvalue weighted by Gasteiger charge is 2.37. The van der Waals surface area contributed by atoms with Crippen LogP contribution in [0.1, 0.15) is 59.3 Å². The molecular weight excluding hydrogens is 340 g/mol. The molecule has 2 amide bonds. The van der Waals surface area contributed by atoms with E-state index in [1.807, 2.05) is 20.8 Å². The molecule has 1 fully saturated rings. The molecule has 0 saturated carbocycles. The Morgan fingerprint density at radius 2 is 1.69 bits per heavy atom. The fourth-order valence-corrected chi connectivity index (χ4v) is 2.78. The van der Waals surface area contributed by atoms with Gasteiger partial charge in [0.2, 0.25) is 5.91 Å². The van der Waals surface area contributed by atoms with Gasteiger partial charge in [0.1, 0.15) is 5.60 Å². The number of unbranched alkanes of at least 4 members (excludes halogenated alkanes) is 1. The van der Waals surface area contributed by atoms with Crippen molar-refractivity contribution in [2.75, 3.05) is 26.8 Å². The Morgan fingerprint density at radius 1 is 1.12 bits per heavy atom. The van der Waals surface area contributed by atoms with Crippen LogP contribution < -0.4 is 5.32 Å². The number of rotatable bonds is 7. The number of hydrogen-bond donors (Lipinski definition) is 2. The van der Waals surface area contributed by atoms with E-state index in [4.69, 9.17) is 4.74 Å². The first-order chi connectivity index (χ1) is 12.1. The molecule has 0 radical (unpaired) electrons. The van der Waals surface area contributed by atoms with E-state index < -0.39 is 11.1 Å². The number of nitrogens with zero attached hydrogens (tertiary/aromatic N) is 1. The third-order valence-corrected chi connectivity index (χ3v) is 4.34. The Labute approximate surface area is 155 Å². The van der Waals surface area contributed by atoms with Gasteiger partial charge in [-0.1, -0.05) is 0 Å². The van der Waals surface area contributed by atoms with E-state index >= 15 is 0 Å². The predicted octanol–water partition coefficient (Wildman–Crippen LogP) is 1.60. The van der Waals surface area contributed by atoms with Crippen LogP contribution in [0.4, 0.5) is 4.79 Å². The van der Waals surface area contributed by atoms with Crippen LogP contribution in [0.3, 0.4) is 0 Å². The molecule has 26 heavy (non-hydrogen) atoms. The number of likely N-dealkylation sites (tertiary alicyclic amines) is 1. The van der Waals surface area contributed by atoms with E-state index in [1.54, 1.807) is 4.90 Å². The van der Waals surface area contributed by atoms with Gasteiger partial charge >= 0.3 is 12.1 Å². The van der Waals surface area contributed by atoms with Crippen molar-refractivity contribution >= 4 is 18.0 Å². The van der Waals surface area contributed by atoms with Gasteiger partial charge in [0.25, 0.3) is 0 Å². The highest BCUT2D eigenvalue weighted by Crippen LogP contribution is 2.24. The summed E-state index contributed by atoms with van der Waals surface area (Å²) in [4.78, 5) is 36.9. The molecule has 150 valence electrons. The van der Waals surface area contributed by atoms with Crippen LogP contribution in [0, 0.1) is 0 Å². The number of aliphatic hydroxyl groups excluding tert-OH is 1. The fraction of sp³-hybridized carbons (Fsp3) is 0.833. The number of methoxy groups -OCH3 is 1. The number of nitrogens with one attached hydrogen (secondary N) is 1. The standard InChI is InChI=1S/C18H32N2O6/c1-17(2,3)26-16(24)20-11-9-18(13-21,10-12-20)19-14(22)7-5-6-8-15(23)25-4/h21H,5-13H2,1-4H3,(H,19,22). The average molecular weight is 372 g/mol. The lowest BCUT2D eigenvalue weighted by molar-refractivity contribution is -0.140. The molecule has 0 atom stereocenters. The minimum atomic E-state index is -0.710. The molecule has 1 rings (SSSR count). The van der Waals surface area contributed by atoms with Gasteiger partial charge in [0, 0.05) is 25.9 Å². The van der Waals surface area contributed by atoms with Crippen molar-refractivity contribution in [3.8, 4) is 0 Å². The molecule has 8 nitrogen and oxygen atoms in total. The van der Waals surface area contributed by atoms with E-state index in [2.05, 4.69) is 10.1 Å². The van der Waals surface area contributed by atoms with Gasteiger partial charge in [0.05, 0.1) is 19.3 Å². The molecule has 1 aliphatic rings. The summed E-state index contributed by atoms with van der Waals surface area (Å²) in [5, 5.41) is 12.7. The molecule has 0 bridgehead atoms. The molecule has 8 heteroatoms. The number of carbonyl (C=O) groups is 3. The van der Waals surface area contributed by atoms with Crippen molar-refractivity contribution in [1.82, 2.24) is 10.2 Å². The molecule has 0 aromatic rings. The molecule has 0 spiro atoms. The molecule has 1 heterocycles. The van der Waals surface area contributed by atoms with E-state index in [9.17, 15) is 19.5 Å². The topological polar surface area (TPSA) is 105 Å². The summed E-state index contributed by atoms with van der Waals surface area (Å²) in [6.45, 7) is 6.09. The minimum absolute atomic E-state index is 0.158. The van der Waals surface area contributed by atoms with E-state index in [0.717, 1.165) is 0 Å². The van der Waals surface area contributed by atoms with Crippen LogP contribution in [0.25, 0.3) is 0 Å². The van der Waals surface area contributed by atoms with E-state index in [0.29, 0.717) is 45.2 Å². The molecule has 0 aromatic heterocycles. The fourth-order valence-electron chi connectivity index (χ4n) is 2.78. The number of carbonyl (C=O) groups excluding carboxylic acids is 3. The first-order valence-corrected chi connectivity index (χ1v) is 9.07. The third-order valence-electron chi connectivity index (χ3n) is 4.34. The van der Waals surface area contributed by atoms with Gasteiger partial charge in [-0.2, -0.15) is 0 Å². The minimum Gasteiger partial charge on any atom is -0.469 e. The highest BCUT2D eigenvalue weighted by molar-refractivity contribution is 5.77. The Hall–Kier alpha value is -1.83. The first kappa shape index (κ1) is 22.2. The largest absolute Gasteiger partial charge is 0.469 e.